The van der Waals surface area contributed by atoms with Crippen molar-refractivity contribution in [1.82, 2.24) is 14.6 Å². The summed E-state index contributed by atoms with van der Waals surface area (Å²) >= 11 is 0. The minimum Gasteiger partial charge on any atom is -0.353 e. The minimum atomic E-state index is -0.605. The molecule has 0 saturated heterocycles. The molecule has 108 valence electrons. The second kappa shape index (κ2) is 5.43. The molecule has 3 aromatic rings. The zero-order valence-electron chi connectivity index (χ0n) is 10.9. The van der Waals surface area contributed by atoms with Gasteiger partial charge in [-0.3, -0.25) is 0 Å². The number of anilines is 1. The topological polar surface area (TPSA) is 42.2 Å². The smallest absolute Gasteiger partial charge is 0.243 e. The maximum atomic E-state index is 13.0. The standard InChI is InChI=1S/C14H11F3N4/c15-10-1-2-13-19-14(20-21(13)8-10)18-4-3-9-5-11(16)7-12(17)6-9/h1-2,5-8H,3-4H2,(H,18,20). The van der Waals surface area contributed by atoms with Crippen LogP contribution in [0.15, 0.2) is 36.5 Å². The van der Waals surface area contributed by atoms with Crippen molar-refractivity contribution in [2.45, 2.75) is 6.42 Å². The van der Waals surface area contributed by atoms with E-state index in [4.69, 9.17) is 0 Å². The lowest BCUT2D eigenvalue weighted by Crippen LogP contribution is -2.06. The fraction of sp³-hybridized carbons (Fsp3) is 0.143. The zero-order valence-corrected chi connectivity index (χ0v) is 10.9. The monoisotopic (exact) mass is 292 g/mol. The van der Waals surface area contributed by atoms with Crippen molar-refractivity contribution in [3.05, 3.63) is 59.5 Å². The molecule has 0 aliphatic carbocycles. The quantitative estimate of drug-likeness (QED) is 0.804. The first-order valence-electron chi connectivity index (χ1n) is 6.31. The van der Waals surface area contributed by atoms with Crippen LogP contribution >= 0.6 is 0 Å². The summed E-state index contributed by atoms with van der Waals surface area (Å²) in [5.41, 5.74) is 1.05. The van der Waals surface area contributed by atoms with E-state index in [-0.39, 0.29) is 0 Å². The Hall–Kier alpha value is -2.57. The van der Waals surface area contributed by atoms with E-state index < -0.39 is 17.5 Å². The van der Waals surface area contributed by atoms with Crippen LogP contribution in [0.2, 0.25) is 0 Å². The Morgan fingerprint density at radius 2 is 1.76 bits per heavy atom. The van der Waals surface area contributed by atoms with Crippen LogP contribution in [0, 0.1) is 17.5 Å². The van der Waals surface area contributed by atoms with Crippen LogP contribution in [0.5, 0.6) is 0 Å². The Morgan fingerprint density at radius 3 is 2.52 bits per heavy atom. The van der Waals surface area contributed by atoms with Crippen LogP contribution in [0.25, 0.3) is 5.65 Å². The number of nitrogens with zero attached hydrogens (tertiary/aromatic N) is 3. The molecule has 7 heteroatoms. The van der Waals surface area contributed by atoms with Gasteiger partial charge in [0.1, 0.15) is 17.5 Å². The number of halogens is 3. The molecule has 0 atom stereocenters. The predicted octanol–water partition coefficient (Wildman–Crippen LogP) is 2.80. The highest BCUT2D eigenvalue weighted by molar-refractivity contribution is 5.43. The Morgan fingerprint density at radius 1 is 1.00 bits per heavy atom. The molecule has 0 fully saturated rings. The molecule has 0 aliphatic heterocycles. The Labute approximate surface area is 118 Å². The maximum absolute atomic E-state index is 13.0. The molecule has 0 unspecified atom stereocenters. The lowest BCUT2D eigenvalue weighted by molar-refractivity contribution is 0.580. The first-order valence-corrected chi connectivity index (χ1v) is 6.31. The van der Waals surface area contributed by atoms with E-state index in [1.54, 1.807) is 0 Å². The summed E-state index contributed by atoms with van der Waals surface area (Å²) in [7, 11) is 0. The Bertz CT molecular complexity index is 765. The molecular weight excluding hydrogens is 281 g/mol. The molecule has 4 nitrogen and oxygen atoms in total. The highest BCUT2D eigenvalue weighted by Gasteiger charge is 2.05. The van der Waals surface area contributed by atoms with Gasteiger partial charge in [-0.1, -0.05) is 0 Å². The minimum absolute atomic E-state index is 0.331. The summed E-state index contributed by atoms with van der Waals surface area (Å²) in [6.45, 7) is 0.405. The van der Waals surface area contributed by atoms with Crippen molar-refractivity contribution in [2.75, 3.05) is 11.9 Å². The summed E-state index contributed by atoms with van der Waals surface area (Å²) in [5, 5.41) is 6.98. The van der Waals surface area contributed by atoms with Gasteiger partial charge in [-0.2, -0.15) is 4.98 Å². The van der Waals surface area contributed by atoms with E-state index in [1.807, 2.05) is 0 Å². The number of benzene rings is 1. The van der Waals surface area contributed by atoms with Crippen LogP contribution in [-0.2, 0) is 6.42 Å². The lowest BCUT2D eigenvalue weighted by Gasteiger charge is -2.03. The van der Waals surface area contributed by atoms with Crippen LogP contribution in [0.3, 0.4) is 0 Å². The average molecular weight is 292 g/mol. The van der Waals surface area contributed by atoms with Gasteiger partial charge in [-0.05, 0) is 36.2 Å². The molecule has 0 amide bonds. The van der Waals surface area contributed by atoms with Gasteiger partial charge in [0.15, 0.2) is 5.65 Å². The number of aromatic nitrogens is 3. The predicted molar refractivity (Wildman–Crippen MR) is 71.5 cm³/mol. The Balaban J connectivity index is 1.66. The number of hydrogen-bond donors (Lipinski definition) is 1. The van der Waals surface area contributed by atoms with E-state index in [2.05, 4.69) is 15.4 Å². The van der Waals surface area contributed by atoms with Gasteiger partial charge in [0, 0.05) is 12.6 Å². The molecule has 0 spiro atoms. The average Bonchev–Trinajstić information content (AvgIpc) is 2.79. The highest BCUT2D eigenvalue weighted by atomic mass is 19.1. The third-order valence-electron chi connectivity index (χ3n) is 2.91. The highest BCUT2D eigenvalue weighted by Crippen LogP contribution is 2.10. The van der Waals surface area contributed by atoms with Gasteiger partial charge in [-0.25, -0.2) is 17.7 Å². The number of hydrogen-bond acceptors (Lipinski definition) is 3. The molecule has 2 heterocycles. The van der Waals surface area contributed by atoms with Crippen molar-refractivity contribution >= 4 is 11.6 Å². The van der Waals surface area contributed by atoms with Crippen LogP contribution in [-0.4, -0.2) is 21.1 Å². The molecule has 21 heavy (non-hydrogen) atoms. The molecule has 3 rings (SSSR count). The molecule has 0 aliphatic rings. The van der Waals surface area contributed by atoms with Gasteiger partial charge in [-0.15, -0.1) is 5.10 Å². The first-order chi connectivity index (χ1) is 10.1. The van der Waals surface area contributed by atoms with E-state index >= 15 is 0 Å². The second-order valence-corrected chi connectivity index (χ2v) is 4.54. The summed E-state index contributed by atoms with van der Waals surface area (Å²) in [6.07, 6.45) is 1.63. The summed E-state index contributed by atoms with van der Waals surface area (Å²) in [6, 6.07) is 6.18. The van der Waals surface area contributed by atoms with Crippen molar-refractivity contribution in [3.63, 3.8) is 0 Å². The molecule has 1 N–H and O–H groups in total. The fourth-order valence-electron chi connectivity index (χ4n) is 2.01. The van der Waals surface area contributed by atoms with E-state index in [0.717, 1.165) is 6.07 Å². The zero-order chi connectivity index (χ0) is 14.8. The van der Waals surface area contributed by atoms with Crippen LogP contribution in [0.4, 0.5) is 19.1 Å². The van der Waals surface area contributed by atoms with Gasteiger partial charge in [0.05, 0.1) is 6.20 Å². The van der Waals surface area contributed by atoms with Crippen LogP contribution < -0.4 is 5.32 Å². The van der Waals surface area contributed by atoms with Crippen molar-refractivity contribution in [3.8, 4) is 0 Å². The maximum Gasteiger partial charge on any atom is 0.243 e. The number of fused-ring (bicyclic) bond motifs is 1. The normalized spacial score (nSPS) is 11.0. The van der Waals surface area contributed by atoms with E-state index in [0.29, 0.717) is 30.1 Å². The molecule has 1 aromatic carbocycles. The van der Waals surface area contributed by atoms with Crippen molar-refractivity contribution < 1.29 is 13.2 Å². The largest absolute Gasteiger partial charge is 0.353 e. The van der Waals surface area contributed by atoms with E-state index in [9.17, 15) is 13.2 Å². The Kier molecular flexibility index (Phi) is 3.47. The SMILES string of the molecule is Fc1cc(F)cc(CCNc2nc3ccc(F)cn3n2)c1. The van der Waals surface area contributed by atoms with Crippen molar-refractivity contribution in [1.29, 1.82) is 0 Å². The van der Waals surface area contributed by atoms with Gasteiger partial charge in [0.25, 0.3) is 0 Å². The number of nitrogens with one attached hydrogen (secondary N) is 1. The van der Waals surface area contributed by atoms with Gasteiger partial charge in [0.2, 0.25) is 5.95 Å². The number of pyridine rings is 1. The first kappa shape index (κ1) is 13.4. The van der Waals surface area contributed by atoms with Gasteiger partial charge >= 0.3 is 0 Å². The fourth-order valence-corrected chi connectivity index (χ4v) is 2.01. The van der Waals surface area contributed by atoms with E-state index in [1.165, 1.54) is 35.0 Å². The van der Waals surface area contributed by atoms with Crippen molar-refractivity contribution in [2.24, 2.45) is 0 Å². The molecule has 0 radical (unpaired) electrons. The molecular formula is C14H11F3N4. The number of rotatable bonds is 4. The molecule has 2 aromatic heterocycles. The molecule has 0 bridgehead atoms. The van der Waals surface area contributed by atoms with Crippen LogP contribution in [0.1, 0.15) is 5.56 Å². The lowest BCUT2D eigenvalue weighted by atomic mass is 10.1. The summed E-state index contributed by atoms with van der Waals surface area (Å²) < 4.78 is 40.4. The summed E-state index contributed by atoms with van der Waals surface area (Å²) in [4.78, 5) is 4.15. The second-order valence-electron chi connectivity index (χ2n) is 4.54. The third kappa shape index (κ3) is 3.13. The third-order valence-corrected chi connectivity index (χ3v) is 2.91. The molecule has 0 saturated carbocycles. The summed E-state index contributed by atoms with van der Waals surface area (Å²) in [5.74, 6) is -1.29. The van der Waals surface area contributed by atoms with Gasteiger partial charge < -0.3 is 5.32 Å².